The molecule has 7 heteroatoms. The van der Waals surface area contributed by atoms with Gasteiger partial charge in [0, 0.05) is 5.69 Å². The van der Waals surface area contributed by atoms with Crippen LogP contribution in [0.2, 0.25) is 0 Å². The van der Waals surface area contributed by atoms with Gasteiger partial charge in [-0.3, -0.25) is 4.79 Å². The molecule has 128 valence electrons. The first-order valence-corrected chi connectivity index (χ1v) is 8.28. The second-order valence-corrected chi connectivity index (χ2v) is 6.59. The van der Waals surface area contributed by atoms with E-state index < -0.39 is 11.5 Å². The average molecular weight is 330 g/mol. The normalized spacial score (nSPS) is 17.3. The fraction of sp³-hybridized carbons (Fsp3) is 0.529. The number of pyridine rings is 1. The summed E-state index contributed by atoms with van der Waals surface area (Å²) in [5.41, 5.74) is 0.663. The van der Waals surface area contributed by atoms with Crippen molar-refractivity contribution >= 4 is 22.9 Å². The molecule has 2 aromatic rings. The molecular formula is C17H22N4O3. The van der Waals surface area contributed by atoms with Gasteiger partial charge in [0.1, 0.15) is 5.54 Å². The monoisotopic (exact) mass is 330 g/mol. The molecule has 1 amide bonds. The van der Waals surface area contributed by atoms with E-state index in [4.69, 9.17) is 0 Å². The number of nitrogens with zero attached hydrogens (tertiary/aromatic N) is 3. The van der Waals surface area contributed by atoms with Crippen molar-refractivity contribution in [3.63, 3.8) is 0 Å². The topological polar surface area (TPSA) is 97.1 Å². The van der Waals surface area contributed by atoms with E-state index in [0.717, 1.165) is 12.8 Å². The SMILES string of the molecule is CCC(C)n1ncc2c(C(=O)NC3(C(=O)O)CCC3)cc(C)nc21. The Hall–Kier alpha value is -2.44. The smallest absolute Gasteiger partial charge is 0.329 e. The molecular weight excluding hydrogens is 308 g/mol. The number of fused-ring (bicyclic) bond motifs is 1. The third-order valence-electron chi connectivity index (χ3n) is 4.92. The van der Waals surface area contributed by atoms with Crippen LogP contribution in [0.1, 0.15) is 61.6 Å². The summed E-state index contributed by atoms with van der Waals surface area (Å²) < 4.78 is 1.81. The van der Waals surface area contributed by atoms with E-state index in [2.05, 4.69) is 22.3 Å². The highest BCUT2D eigenvalue weighted by Gasteiger charge is 2.46. The van der Waals surface area contributed by atoms with E-state index in [1.807, 2.05) is 18.5 Å². The molecule has 2 heterocycles. The van der Waals surface area contributed by atoms with Crippen molar-refractivity contribution in [3.05, 3.63) is 23.5 Å². The van der Waals surface area contributed by atoms with Gasteiger partial charge in [-0.15, -0.1) is 0 Å². The van der Waals surface area contributed by atoms with Gasteiger partial charge in [0.05, 0.1) is 23.2 Å². The van der Waals surface area contributed by atoms with Crippen molar-refractivity contribution < 1.29 is 14.7 Å². The molecule has 0 saturated heterocycles. The summed E-state index contributed by atoms with van der Waals surface area (Å²) in [4.78, 5) is 28.7. The van der Waals surface area contributed by atoms with E-state index in [1.165, 1.54) is 0 Å². The Morgan fingerprint density at radius 2 is 2.17 bits per heavy atom. The van der Waals surface area contributed by atoms with Crippen molar-refractivity contribution in [1.82, 2.24) is 20.1 Å². The van der Waals surface area contributed by atoms with Crippen LogP contribution in [0.3, 0.4) is 0 Å². The first-order chi connectivity index (χ1) is 11.4. The lowest BCUT2D eigenvalue weighted by molar-refractivity contribution is -0.148. The molecule has 0 spiro atoms. The highest BCUT2D eigenvalue weighted by atomic mass is 16.4. The zero-order valence-electron chi connectivity index (χ0n) is 14.2. The summed E-state index contributed by atoms with van der Waals surface area (Å²) in [6.45, 7) is 5.93. The molecule has 1 atom stereocenters. The Balaban J connectivity index is 2.01. The number of rotatable bonds is 5. The fourth-order valence-corrected chi connectivity index (χ4v) is 3.03. The molecule has 1 aliphatic carbocycles. The standard InChI is InChI=1S/C17H22N4O3/c1-4-11(3)21-14-13(9-18-21)12(8-10(2)19-14)15(22)20-17(16(23)24)6-5-7-17/h8-9,11H,4-7H2,1-3H3,(H,20,22)(H,23,24). The number of carboxylic acids is 1. The number of carboxylic acid groups (broad SMARTS) is 1. The van der Waals surface area contributed by atoms with Crippen molar-refractivity contribution in [1.29, 1.82) is 0 Å². The lowest BCUT2D eigenvalue weighted by Crippen LogP contribution is -2.59. The van der Waals surface area contributed by atoms with Crippen LogP contribution in [0, 0.1) is 6.92 Å². The Morgan fingerprint density at radius 3 is 2.71 bits per heavy atom. The number of hydrogen-bond acceptors (Lipinski definition) is 4. The van der Waals surface area contributed by atoms with Gasteiger partial charge in [0.25, 0.3) is 5.91 Å². The highest BCUT2D eigenvalue weighted by molar-refractivity contribution is 6.07. The predicted octanol–water partition coefficient (Wildman–Crippen LogP) is 2.45. The van der Waals surface area contributed by atoms with Gasteiger partial charge < -0.3 is 10.4 Å². The van der Waals surface area contributed by atoms with Crippen LogP contribution >= 0.6 is 0 Å². The molecule has 2 aromatic heterocycles. The van der Waals surface area contributed by atoms with Gasteiger partial charge in [-0.25, -0.2) is 14.5 Å². The third kappa shape index (κ3) is 2.53. The molecule has 1 fully saturated rings. The summed E-state index contributed by atoms with van der Waals surface area (Å²) in [6.07, 6.45) is 4.28. The van der Waals surface area contributed by atoms with Crippen LogP contribution in [0.25, 0.3) is 11.0 Å². The minimum absolute atomic E-state index is 0.171. The van der Waals surface area contributed by atoms with Crippen LogP contribution in [-0.4, -0.2) is 37.3 Å². The van der Waals surface area contributed by atoms with E-state index in [1.54, 1.807) is 12.3 Å². The molecule has 2 N–H and O–H groups in total. The number of carbonyl (C=O) groups excluding carboxylic acids is 1. The maximum atomic E-state index is 12.7. The van der Waals surface area contributed by atoms with Gasteiger partial charge in [-0.05, 0) is 45.6 Å². The lowest BCUT2D eigenvalue weighted by atomic mass is 9.76. The first kappa shape index (κ1) is 16.4. The lowest BCUT2D eigenvalue weighted by Gasteiger charge is -2.38. The van der Waals surface area contributed by atoms with Gasteiger partial charge in [-0.1, -0.05) is 6.92 Å². The molecule has 1 saturated carbocycles. The van der Waals surface area contributed by atoms with Gasteiger partial charge in [0.2, 0.25) is 0 Å². The summed E-state index contributed by atoms with van der Waals surface area (Å²) in [7, 11) is 0. The minimum atomic E-state index is -1.13. The molecule has 3 rings (SSSR count). The fourth-order valence-electron chi connectivity index (χ4n) is 3.03. The largest absolute Gasteiger partial charge is 0.480 e. The van der Waals surface area contributed by atoms with Crippen LogP contribution < -0.4 is 5.32 Å². The zero-order chi connectivity index (χ0) is 17.5. The van der Waals surface area contributed by atoms with Gasteiger partial charge in [-0.2, -0.15) is 5.10 Å². The van der Waals surface area contributed by atoms with Crippen LogP contribution in [0.5, 0.6) is 0 Å². The minimum Gasteiger partial charge on any atom is -0.480 e. The van der Waals surface area contributed by atoms with Crippen molar-refractivity contribution in [3.8, 4) is 0 Å². The third-order valence-corrected chi connectivity index (χ3v) is 4.92. The number of aromatic nitrogens is 3. The van der Waals surface area contributed by atoms with Gasteiger partial charge in [0.15, 0.2) is 5.65 Å². The maximum Gasteiger partial charge on any atom is 0.329 e. The summed E-state index contributed by atoms with van der Waals surface area (Å²) in [6, 6.07) is 1.86. The summed E-state index contributed by atoms with van der Waals surface area (Å²) >= 11 is 0. The number of aryl methyl sites for hydroxylation is 1. The number of hydrogen-bond donors (Lipinski definition) is 2. The predicted molar refractivity (Wildman–Crippen MR) is 89.0 cm³/mol. The van der Waals surface area contributed by atoms with Gasteiger partial charge >= 0.3 is 5.97 Å². The molecule has 0 aliphatic heterocycles. The molecule has 1 unspecified atom stereocenters. The quantitative estimate of drug-likeness (QED) is 0.877. The average Bonchev–Trinajstić information content (AvgIpc) is 2.92. The van der Waals surface area contributed by atoms with Crippen LogP contribution in [-0.2, 0) is 4.79 Å². The van der Waals surface area contributed by atoms with Crippen LogP contribution in [0.4, 0.5) is 0 Å². The molecule has 0 aromatic carbocycles. The number of amides is 1. The molecule has 1 aliphatic rings. The Kier molecular flexibility index (Phi) is 4.03. The molecule has 0 bridgehead atoms. The van der Waals surface area contributed by atoms with E-state index in [0.29, 0.717) is 35.1 Å². The number of aliphatic carboxylic acids is 1. The van der Waals surface area contributed by atoms with Crippen molar-refractivity contribution in [2.45, 2.75) is 58.0 Å². The number of carbonyl (C=O) groups is 2. The van der Waals surface area contributed by atoms with Crippen molar-refractivity contribution in [2.24, 2.45) is 0 Å². The summed E-state index contributed by atoms with van der Waals surface area (Å²) in [5, 5.41) is 17.2. The van der Waals surface area contributed by atoms with Crippen molar-refractivity contribution in [2.75, 3.05) is 0 Å². The Bertz CT molecular complexity index is 808. The number of nitrogens with one attached hydrogen (secondary N) is 1. The molecule has 7 nitrogen and oxygen atoms in total. The summed E-state index contributed by atoms with van der Waals surface area (Å²) in [5.74, 6) is -1.35. The molecule has 24 heavy (non-hydrogen) atoms. The first-order valence-electron chi connectivity index (χ1n) is 8.28. The highest BCUT2D eigenvalue weighted by Crippen LogP contribution is 2.33. The van der Waals surface area contributed by atoms with E-state index >= 15 is 0 Å². The van der Waals surface area contributed by atoms with E-state index in [9.17, 15) is 14.7 Å². The van der Waals surface area contributed by atoms with E-state index in [-0.39, 0.29) is 11.9 Å². The van der Waals surface area contributed by atoms with Crippen LogP contribution in [0.15, 0.2) is 12.3 Å². The maximum absolute atomic E-state index is 12.7. The zero-order valence-corrected chi connectivity index (χ0v) is 14.2. The second kappa shape index (κ2) is 5.89. The molecule has 0 radical (unpaired) electrons. The Labute approximate surface area is 140 Å². The Morgan fingerprint density at radius 1 is 1.46 bits per heavy atom. The second-order valence-electron chi connectivity index (χ2n) is 6.59.